The SMILES string of the molecule is O=C(CC12CC3CC(CC(C3)C1)C2)Nc1cccc2nc(NCCNCc3cc[n+]([O-])cc3)ccc12. The molecule has 0 atom stereocenters. The number of rotatable bonds is 9. The maximum Gasteiger partial charge on any atom is 0.224 e. The van der Waals surface area contributed by atoms with Crippen LogP contribution >= 0.6 is 0 Å². The largest absolute Gasteiger partial charge is 0.619 e. The predicted octanol–water partition coefficient (Wildman–Crippen LogP) is 4.61. The second-order valence-corrected chi connectivity index (χ2v) is 11.4. The molecule has 1 amide bonds. The van der Waals surface area contributed by atoms with E-state index in [1.54, 1.807) is 0 Å². The first-order valence-electron chi connectivity index (χ1n) is 13.4. The Balaban J connectivity index is 1.04. The van der Waals surface area contributed by atoms with Gasteiger partial charge in [-0.05, 0) is 91.5 Å². The molecule has 4 aliphatic carbocycles. The number of fused-ring (bicyclic) bond motifs is 1. The smallest absolute Gasteiger partial charge is 0.224 e. The Morgan fingerprint density at radius 2 is 1.69 bits per heavy atom. The maximum atomic E-state index is 13.2. The van der Waals surface area contributed by atoms with E-state index in [-0.39, 0.29) is 11.3 Å². The van der Waals surface area contributed by atoms with Gasteiger partial charge in [-0.2, -0.15) is 4.73 Å². The molecule has 3 aromatic rings. The van der Waals surface area contributed by atoms with Crippen LogP contribution in [0.4, 0.5) is 11.5 Å². The van der Waals surface area contributed by atoms with Crippen LogP contribution in [0.5, 0.6) is 0 Å². The summed E-state index contributed by atoms with van der Waals surface area (Å²) in [5, 5.41) is 22.0. The van der Waals surface area contributed by atoms with Gasteiger partial charge in [0, 0.05) is 43.6 Å². The molecule has 4 fully saturated rings. The molecule has 36 heavy (non-hydrogen) atoms. The van der Waals surface area contributed by atoms with E-state index in [1.807, 2.05) is 42.5 Å². The molecule has 4 bridgehead atoms. The minimum atomic E-state index is 0.154. The summed E-state index contributed by atoms with van der Waals surface area (Å²) in [6.45, 7) is 2.21. The number of hydrogen-bond donors (Lipinski definition) is 3. The summed E-state index contributed by atoms with van der Waals surface area (Å²) in [4.78, 5) is 17.9. The summed E-state index contributed by atoms with van der Waals surface area (Å²) < 4.78 is 0.788. The van der Waals surface area contributed by atoms with Crippen molar-refractivity contribution in [1.29, 1.82) is 0 Å². The molecule has 2 aromatic heterocycles. The van der Waals surface area contributed by atoms with Crippen LogP contribution in [0.2, 0.25) is 0 Å². The van der Waals surface area contributed by atoms with Gasteiger partial charge in [-0.3, -0.25) is 4.79 Å². The molecule has 1 aromatic carbocycles. The first-order valence-corrected chi connectivity index (χ1v) is 13.4. The minimum absolute atomic E-state index is 0.154. The first kappa shape index (κ1) is 23.2. The van der Waals surface area contributed by atoms with E-state index < -0.39 is 0 Å². The van der Waals surface area contributed by atoms with Gasteiger partial charge in [0.1, 0.15) is 5.82 Å². The predicted molar refractivity (Wildman–Crippen MR) is 141 cm³/mol. The Morgan fingerprint density at radius 3 is 2.42 bits per heavy atom. The Labute approximate surface area is 212 Å². The lowest BCUT2D eigenvalue weighted by atomic mass is 9.49. The van der Waals surface area contributed by atoms with Crippen LogP contribution in [0.15, 0.2) is 54.9 Å². The number of carbonyl (C=O) groups is 1. The molecule has 0 saturated heterocycles. The van der Waals surface area contributed by atoms with Gasteiger partial charge in [0.05, 0.1) is 11.2 Å². The van der Waals surface area contributed by atoms with Gasteiger partial charge in [0.2, 0.25) is 5.91 Å². The lowest BCUT2D eigenvalue weighted by Gasteiger charge is -2.56. The lowest BCUT2D eigenvalue weighted by molar-refractivity contribution is -0.605. The van der Waals surface area contributed by atoms with E-state index in [2.05, 4.69) is 16.0 Å². The van der Waals surface area contributed by atoms with Crippen LogP contribution < -0.4 is 20.7 Å². The third-order valence-corrected chi connectivity index (χ3v) is 8.51. The van der Waals surface area contributed by atoms with Crippen LogP contribution in [-0.4, -0.2) is 24.0 Å². The molecular weight excluding hydrogens is 450 g/mol. The summed E-state index contributed by atoms with van der Waals surface area (Å²) in [5.41, 5.74) is 3.04. The van der Waals surface area contributed by atoms with Gasteiger partial charge in [0.15, 0.2) is 12.4 Å². The Morgan fingerprint density at radius 1 is 0.972 bits per heavy atom. The van der Waals surface area contributed by atoms with Crippen molar-refractivity contribution in [3.8, 4) is 0 Å². The fourth-order valence-corrected chi connectivity index (χ4v) is 7.48. The van der Waals surface area contributed by atoms with E-state index in [9.17, 15) is 10.0 Å². The highest BCUT2D eigenvalue weighted by atomic mass is 16.5. The van der Waals surface area contributed by atoms with E-state index in [4.69, 9.17) is 4.98 Å². The number of pyridine rings is 2. The van der Waals surface area contributed by atoms with Crippen molar-refractivity contribution < 1.29 is 9.52 Å². The topological polar surface area (TPSA) is 93.0 Å². The number of nitrogens with one attached hydrogen (secondary N) is 3. The summed E-state index contributed by atoms with van der Waals surface area (Å²) in [6.07, 6.45) is 11.6. The minimum Gasteiger partial charge on any atom is -0.619 e. The van der Waals surface area contributed by atoms with Crippen molar-refractivity contribution in [2.24, 2.45) is 23.2 Å². The fourth-order valence-electron chi connectivity index (χ4n) is 7.48. The van der Waals surface area contributed by atoms with Crippen LogP contribution in [0, 0.1) is 28.4 Å². The van der Waals surface area contributed by atoms with Crippen molar-refractivity contribution in [3.05, 3.63) is 65.6 Å². The van der Waals surface area contributed by atoms with Crippen molar-refractivity contribution in [2.75, 3.05) is 23.7 Å². The van der Waals surface area contributed by atoms with Gasteiger partial charge in [0.25, 0.3) is 0 Å². The summed E-state index contributed by atoms with van der Waals surface area (Å²) in [7, 11) is 0. The quantitative estimate of drug-likeness (QED) is 0.234. The number of benzene rings is 1. The first-order chi connectivity index (χ1) is 17.5. The Bertz CT molecular complexity index is 1210. The molecule has 2 heterocycles. The standard InChI is InChI=1S/C29H35N5O2/c35-28(18-29-15-21-12-22(16-29)14-23(13-21)17-29)33-26-3-1-2-25-24(26)4-5-27(32-25)31-9-8-30-19-20-6-10-34(36)11-7-20/h1-7,10-11,21-23,30H,8-9,12-19H2,(H,31,32)(H,33,35). The van der Waals surface area contributed by atoms with E-state index in [1.165, 1.54) is 50.9 Å². The van der Waals surface area contributed by atoms with Crippen LogP contribution in [0.25, 0.3) is 10.9 Å². The lowest BCUT2D eigenvalue weighted by Crippen LogP contribution is -2.47. The van der Waals surface area contributed by atoms with Crippen LogP contribution in [0.3, 0.4) is 0 Å². The van der Waals surface area contributed by atoms with Gasteiger partial charge < -0.3 is 21.2 Å². The number of hydrogen-bond acceptors (Lipinski definition) is 5. The fraction of sp³-hybridized carbons (Fsp3) is 0.483. The monoisotopic (exact) mass is 485 g/mol. The van der Waals surface area contributed by atoms with Crippen molar-refractivity contribution in [2.45, 2.75) is 51.5 Å². The number of carbonyl (C=O) groups excluding carboxylic acids is 1. The molecule has 188 valence electrons. The summed E-state index contributed by atoms with van der Waals surface area (Å²) in [5.74, 6) is 3.54. The van der Waals surface area contributed by atoms with E-state index >= 15 is 0 Å². The molecule has 7 nitrogen and oxygen atoms in total. The van der Waals surface area contributed by atoms with Gasteiger partial charge in [-0.1, -0.05) is 6.07 Å². The van der Waals surface area contributed by atoms with Crippen LogP contribution in [0.1, 0.15) is 50.5 Å². The summed E-state index contributed by atoms with van der Waals surface area (Å²) >= 11 is 0. The van der Waals surface area contributed by atoms with Crippen molar-refractivity contribution in [3.63, 3.8) is 0 Å². The molecular formula is C29H35N5O2. The average molecular weight is 486 g/mol. The van der Waals surface area contributed by atoms with E-state index in [0.717, 1.165) is 63.5 Å². The second kappa shape index (κ2) is 9.69. The molecule has 0 spiro atoms. The number of anilines is 2. The third-order valence-electron chi connectivity index (χ3n) is 8.51. The van der Waals surface area contributed by atoms with Gasteiger partial charge in [-0.15, -0.1) is 0 Å². The molecule has 7 heteroatoms. The van der Waals surface area contributed by atoms with Crippen molar-refractivity contribution in [1.82, 2.24) is 10.3 Å². The Kier molecular flexibility index (Phi) is 6.25. The maximum absolute atomic E-state index is 13.2. The van der Waals surface area contributed by atoms with Crippen LogP contribution in [-0.2, 0) is 11.3 Å². The highest BCUT2D eigenvalue weighted by molar-refractivity contribution is 6.01. The van der Waals surface area contributed by atoms with Gasteiger partial charge >= 0.3 is 0 Å². The Hall–Kier alpha value is -3.19. The second-order valence-electron chi connectivity index (χ2n) is 11.4. The molecule has 4 aliphatic rings. The molecule has 7 rings (SSSR count). The van der Waals surface area contributed by atoms with E-state index in [0.29, 0.717) is 13.0 Å². The zero-order valence-corrected chi connectivity index (χ0v) is 20.7. The van der Waals surface area contributed by atoms with Crippen molar-refractivity contribution >= 4 is 28.3 Å². The third kappa shape index (κ3) is 5.03. The highest BCUT2D eigenvalue weighted by Gasteiger charge is 2.51. The average Bonchev–Trinajstić information content (AvgIpc) is 2.84. The number of aromatic nitrogens is 2. The molecule has 4 saturated carbocycles. The zero-order chi connectivity index (χ0) is 24.5. The van der Waals surface area contributed by atoms with Gasteiger partial charge in [-0.25, -0.2) is 4.98 Å². The molecule has 0 aliphatic heterocycles. The number of nitrogens with zero attached hydrogens (tertiary/aromatic N) is 2. The number of amides is 1. The highest BCUT2D eigenvalue weighted by Crippen LogP contribution is 2.61. The normalized spacial score (nSPS) is 26.3. The molecule has 3 N–H and O–H groups in total. The molecule has 0 radical (unpaired) electrons. The zero-order valence-electron chi connectivity index (χ0n) is 20.7. The summed E-state index contributed by atoms with van der Waals surface area (Å²) in [6, 6.07) is 13.6. The molecule has 0 unspecified atom stereocenters.